The number of piperidine rings is 1. The second-order valence-corrected chi connectivity index (χ2v) is 6.06. The summed E-state index contributed by atoms with van der Waals surface area (Å²) in [5.41, 5.74) is 0.869. The van der Waals surface area contributed by atoms with E-state index in [0.717, 1.165) is 31.5 Å². The lowest BCUT2D eigenvalue weighted by Crippen LogP contribution is -2.35. The highest BCUT2D eigenvalue weighted by Gasteiger charge is 2.29. The SMILES string of the molecule is CC1CCCN(c2ncnc(NCc3cccnc3)c2[N+](=O)[O-])C1. The average molecular weight is 328 g/mol. The molecule has 0 bridgehead atoms. The van der Waals surface area contributed by atoms with Crippen molar-refractivity contribution in [3.63, 3.8) is 0 Å². The zero-order valence-electron chi connectivity index (χ0n) is 13.6. The molecule has 0 spiro atoms. The van der Waals surface area contributed by atoms with Gasteiger partial charge in [-0.05, 0) is 30.4 Å². The fraction of sp³-hybridized carbons (Fsp3) is 0.438. The maximum atomic E-state index is 11.6. The predicted molar refractivity (Wildman–Crippen MR) is 90.9 cm³/mol. The summed E-state index contributed by atoms with van der Waals surface area (Å²) < 4.78 is 0. The van der Waals surface area contributed by atoms with Gasteiger partial charge in [0.05, 0.1) is 4.92 Å². The molecule has 8 heteroatoms. The molecule has 3 rings (SSSR count). The van der Waals surface area contributed by atoms with E-state index >= 15 is 0 Å². The summed E-state index contributed by atoms with van der Waals surface area (Å²) in [6.45, 7) is 4.13. The molecular weight excluding hydrogens is 308 g/mol. The van der Waals surface area contributed by atoms with Crippen LogP contribution in [0, 0.1) is 16.0 Å². The first-order valence-corrected chi connectivity index (χ1v) is 8.02. The molecule has 1 N–H and O–H groups in total. The predicted octanol–water partition coefficient (Wildman–Crippen LogP) is 2.63. The van der Waals surface area contributed by atoms with Crippen LogP contribution in [-0.2, 0) is 6.54 Å². The van der Waals surface area contributed by atoms with Gasteiger partial charge in [-0.15, -0.1) is 0 Å². The van der Waals surface area contributed by atoms with Gasteiger partial charge in [0.2, 0.25) is 11.6 Å². The minimum atomic E-state index is -0.403. The third-order valence-electron chi connectivity index (χ3n) is 4.12. The van der Waals surface area contributed by atoms with Crippen molar-refractivity contribution in [2.24, 2.45) is 5.92 Å². The van der Waals surface area contributed by atoms with Crippen molar-refractivity contribution in [3.8, 4) is 0 Å². The van der Waals surface area contributed by atoms with Crippen molar-refractivity contribution in [2.45, 2.75) is 26.3 Å². The highest BCUT2D eigenvalue weighted by molar-refractivity contribution is 5.70. The topological polar surface area (TPSA) is 97.1 Å². The minimum Gasteiger partial charge on any atom is -0.360 e. The summed E-state index contributed by atoms with van der Waals surface area (Å²) in [4.78, 5) is 25.5. The number of pyridine rings is 1. The summed E-state index contributed by atoms with van der Waals surface area (Å²) in [7, 11) is 0. The van der Waals surface area contributed by atoms with Crippen molar-refractivity contribution >= 4 is 17.3 Å². The summed E-state index contributed by atoms with van der Waals surface area (Å²) in [6.07, 6.45) is 6.94. The molecule has 0 aliphatic carbocycles. The third kappa shape index (κ3) is 3.58. The average Bonchev–Trinajstić information content (AvgIpc) is 2.60. The number of hydrogen-bond acceptors (Lipinski definition) is 7. The number of nitrogens with one attached hydrogen (secondary N) is 1. The van der Waals surface area contributed by atoms with Crippen LogP contribution in [0.15, 0.2) is 30.9 Å². The van der Waals surface area contributed by atoms with E-state index in [4.69, 9.17) is 0 Å². The Kier molecular flexibility index (Phi) is 4.83. The molecule has 0 saturated carbocycles. The van der Waals surface area contributed by atoms with Crippen LogP contribution in [0.3, 0.4) is 0 Å². The molecule has 1 fully saturated rings. The lowest BCUT2D eigenvalue weighted by atomic mass is 10.0. The number of hydrogen-bond donors (Lipinski definition) is 1. The molecule has 0 radical (unpaired) electrons. The van der Waals surface area contributed by atoms with Crippen LogP contribution in [0.5, 0.6) is 0 Å². The van der Waals surface area contributed by atoms with Gasteiger partial charge < -0.3 is 10.2 Å². The molecule has 24 heavy (non-hydrogen) atoms. The van der Waals surface area contributed by atoms with Gasteiger partial charge >= 0.3 is 5.69 Å². The molecule has 2 aromatic heterocycles. The number of nitrogens with zero attached hydrogens (tertiary/aromatic N) is 5. The molecule has 1 aliphatic rings. The first-order chi connectivity index (χ1) is 11.6. The normalized spacial score (nSPS) is 17.5. The molecular formula is C16H20N6O2. The van der Waals surface area contributed by atoms with E-state index in [2.05, 4.69) is 27.2 Å². The molecule has 0 amide bonds. The van der Waals surface area contributed by atoms with Crippen LogP contribution in [0.2, 0.25) is 0 Å². The smallest absolute Gasteiger partial charge is 0.353 e. The van der Waals surface area contributed by atoms with Crippen molar-refractivity contribution in [2.75, 3.05) is 23.3 Å². The molecule has 1 aliphatic heterocycles. The van der Waals surface area contributed by atoms with Crippen LogP contribution in [0.4, 0.5) is 17.3 Å². The Morgan fingerprint density at radius 3 is 3.04 bits per heavy atom. The molecule has 3 heterocycles. The van der Waals surface area contributed by atoms with Crippen LogP contribution in [0.25, 0.3) is 0 Å². The highest BCUT2D eigenvalue weighted by atomic mass is 16.6. The molecule has 1 saturated heterocycles. The van der Waals surface area contributed by atoms with E-state index in [9.17, 15) is 10.1 Å². The maximum absolute atomic E-state index is 11.6. The zero-order valence-corrected chi connectivity index (χ0v) is 13.6. The van der Waals surface area contributed by atoms with Gasteiger partial charge in [-0.2, -0.15) is 0 Å². The summed E-state index contributed by atoms with van der Waals surface area (Å²) >= 11 is 0. The number of nitro groups is 1. The Labute approximate surface area is 140 Å². The van der Waals surface area contributed by atoms with Crippen molar-refractivity contribution in [1.82, 2.24) is 15.0 Å². The quantitative estimate of drug-likeness (QED) is 0.665. The van der Waals surface area contributed by atoms with Gasteiger partial charge in [0.1, 0.15) is 6.33 Å². The van der Waals surface area contributed by atoms with Crippen molar-refractivity contribution in [1.29, 1.82) is 0 Å². The maximum Gasteiger partial charge on any atom is 0.353 e. The summed E-state index contributed by atoms with van der Waals surface area (Å²) in [6, 6.07) is 3.73. The molecule has 126 valence electrons. The van der Waals surface area contributed by atoms with Gasteiger partial charge in [0, 0.05) is 32.0 Å². The first kappa shape index (κ1) is 16.1. The number of aromatic nitrogens is 3. The van der Waals surface area contributed by atoms with Crippen LogP contribution < -0.4 is 10.2 Å². The molecule has 1 unspecified atom stereocenters. The van der Waals surface area contributed by atoms with Gasteiger partial charge in [0.25, 0.3) is 0 Å². The Hall–Kier alpha value is -2.77. The van der Waals surface area contributed by atoms with E-state index in [0.29, 0.717) is 18.3 Å². The van der Waals surface area contributed by atoms with Crippen molar-refractivity contribution in [3.05, 3.63) is 46.5 Å². The second kappa shape index (κ2) is 7.20. The van der Waals surface area contributed by atoms with Crippen LogP contribution >= 0.6 is 0 Å². The lowest BCUT2D eigenvalue weighted by Gasteiger charge is -2.31. The van der Waals surface area contributed by atoms with E-state index in [1.807, 2.05) is 17.0 Å². The fourth-order valence-corrected chi connectivity index (χ4v) is 2.97. The van der Waals surface area contributed by atoms with Gasteiger partial charge in [-0.25, -0.2) is 9.97 Å². The zero-order chi connectivity index (χ0) is 16.9. The van der Waals surface area contributed by atoms with Crippen molar-refractivity contribution < 1.29 is 4.92 Å². The fourth-order valence-electron chi connectivity index (χ4n) is 2.97. The summed E-state index contributed by atoms with van der Waals surface area (Å²) in [5, 5.41) is 14.7. The highest BCUT2D eigenvalue weighted by Crippen LogP contribution is 2.34. The van der Waals surface area contributed by atoms with Gasteiger partial charge in [-0.1, -0.05) is 13.0 Å². The van der Waals surface area contributed by atoms with Gasteiger partial charge in [0.15, 0.2) is 0 Å². The second-order valence-electron chi connectivity index (χ2n) is 6.06. The standard InChI is InChI=1S/C16H20N6O2/c1-12-4-3-7-21(10-12)16-14(22(23)24)15(19-11-20-16)18-9-13-5-2-6-17-8-13/h2,5-6,8,11-12H,3-4,7,9-10H2,1H3,(H,18,19,20). The van der Waals surface area contributed by atoms with Gasteiger partial charge in [-0.3, -0.25) is 15.1 Å². The lowest BCUT2D eigenvalue weighted by molar-refractivity contribution is -0.383. The molecule has 0 aromatic carbocycles. The largest absolute Gasteiger partial charge is 0.360 e. The van der Waals surface area contributed by atoms with E-state index in [1.165, 1.54) is 6.33 Å². The Morgan fingerprint density at radius 1 is 1.46 bits per heavy atom. The molecule has 2 aromatic rings. The Balaban J connectivity index is 1.86. The number of anilines is 2. The van der Waals surface area contributed by atoms with E-state index < -0.39 is 4.92 Å². The Morgan fingerprint density at radius 2 is 2.33 bits per heavy atom. The third-order valence-corrected chi connectivity index (χ3v) is 4.12. The van der Waals surface area contributed by atoms with E-state index in [-0.39, 0.29) is 11.5 Å². The van der Waals surface area contributed by atoms with Crippen LogP contribution in [0.1, 0.15) is 25.3 Å². The summed E-state index contributed by atoms with van der Waals surface area (Å²) in [5.74, 6) is 1.14. The Bertz CT molecular complexity index is 709. The molecule has 1 atom stereocenters. The van der Waals surface area contributed by atoms with E-state index in [1.54, 1.807) is 12.4 Å². The number of rotatable bonds is 5. The molecule has 8 nitrogen and oxygen atoms in total. The first-order valence-electron chi connectivity index (χ1n) is 8.02. The monoisotopic (exact) mass is 328 g/mol. The minimum absolute atomic E-state index is 0.0597. The van der Waals surface area contributed by atoms with Crippen LogP contribution in [-0.4, -0.2) is 33.0 Å².